The summed E-state index contributed by atoms with van der Waals surface area (Å²) in [6, 6.07) is 4.21. The van der Waals surface area contributed by atoms with E-state index in [1.54, 1.807) is 6.20 Å². The molecule has 1 N–H and O–H groups in total. The van der Waals surface area contributed by atoms with Gasteiger partial charge in [0.15, 0.2) is 0 Å². The van der Waals surface area contributed by atoms with Crippen LogP contribution in [0.1, 0.15) is 43.6 Å². The molecule has 28 heavy (non-hydrogen) atoms. The molecule has 1 aromatic rings. The zero-order valence-corrected chi connectivity index (χ0v) is 17.3. The molecule has 0 bridgehead atoms. The van der Waals surface area contributed by atoms with Crippen LogP contribution in [0.5, 0.6) is 0 Å². The van der Waals surface area contributed by atoms with Crippen molar-refractivity contribution in [1.29, 1.82) is 0 Å². The van der Waals surface area contributed by atoms with Gasteiger partial charge in [0.05, 0.1) is 18.2 Å². The molecule has 0 aromatic carbocycles. The first-order chi connectivity index (χ1) is 13.3. The minimum Gasteiger partial charge on any atom is -0.372 e. The number of hydrazine groups is 1. The Hall–Kier alpha value is -2.12. The number of likely N-dealkylation sites (N-methyl/N-ethyl adjacent to an activating group) is 1. The number of morpholine rings is 1. The van der Waals surface area contributed by atoms with Gasteiger partial charge in [0.25, 0.3) is 5.91 Å². The van der Waals surface area contributed by atoms with Crippen molar-refractivity contribution in [3.8, 4) is 0 Å². The molecule has 2 aliphatic heterocycles. The Bertz CT molecular complexity index is 753. The number of ether oxygens (including phenoxy) is 1. The van der Waals surface area contributed by atoms with Crippen molar-refractivity contribution in [2.45, 2.75) is 56.9 Å². The highest BCUT2D eigenvalue weighted by Gasteiger charge is 2.46. The largest absolute Gasteiger partial charge is 0.372 e. The number of rotatable bonds is 5. The number of hydrogen-bond donors (Lipinski definition) is 1. The summed E-state index contributed by atoms with van der Waals surface area (Å²) in [7, 11) is 4.12. The van der Waals surface area contributed by atoms with Crippen LogP contribution in [0.2, 0.25) is 0 Å². The molecule has 2 fully saturated rings. The molecular weight excluding hydrogens is 354 g/mol. The Labute approximate surface area is 167 Å². The van der Waals surface area contributed by atoms with Crippen molar-refractivity contribution in [2.75, 3.05) is 32.1 Å². The van der Waals surface area contributed by atoms with E-state index < -0.39 is 0 Å². The summed E-state index contributed by atoms with van der Waals surface area (Å²) in [5.74, 6) is -0.0771. The van der Waals surface area contributed by atoms with Gasteiger partial charge in [-0.15, -0.1) is 0 Å². The van der Waals surface area contributed by atoms with Gasteiger partial charge < -0.3 is 20.0 Å². The Morgan fingerprint density at radius 3 is 2.61 bits per heavy atom. The molecule has 0 spiro atoms. The predicted molar refractivity (Wildman–Crippen MR) is 109 cm³/mol. The van der Waals surface area contributed by atoms with Crippen molar-refractivity contribution in [1.82, 2.24) is 20.3 Å². The van der Waals surface area contributed by atoms with Crippen molar-refractivity contribution in [3.63, 3.8) is 0 Å². The van der Waals surface area contributed by atoms with E-state index in [1.807, 2.05) is 19.2 Å². The first-order valence-electron chi connectivity index (χ1n) is 10.2. The van der Waals surface area contributed by atoms with Crippen LogP contribution < -0.4 is 10.2 Å². The monoisotopic (exact) mass is 385 g/mol. The third-order valence-electron chi connectivity index (χ3n) is 6.09. The van der Waals surface area contributed by atoms with Gasteiger partial charge in [0, 0.05) is 50.8 Å². The van der Waals surface area contributed by atoms with E-state index in [0.717, 1.165) is 38.0 Å². The molecule has 1 aromatic heterocycles. The first kappa shape index (κ1) is 19.2. The zero-order chi connectivity index (χ0) is 19.9. The second-order valence-electron chi connectivity index (χ2n) is 8.56. The molecule has 7 nitrogen and oxygen atoms in total. The van der Waals surface area contributed by atoms with Gasteiger partial charge in [-0.05, 0) is 51.3 Å². The Morgan fingerprint density at radius 2 is 2.00 bits per heavy atom. The molecule has 1 saturated heterocycles. The van der Waals surface area contributed by atoms with Gasteiger partial charge in [-0.25, -0.2) is 5.01 Å². The predicted octanol–water partition coefficient (Wildman–Crippen LogP) is 2.02. The smallest absolute Gasteiger partial charge is 0.270 e. The SMILES string of the molecule is C[C@@H]1CN(c2ccnc(C(=O)NC3(CC4C=CN(C)N4C)CC3)c2)C[C@@H](C)O1. The maximum atomic E-state index is 12.9. The van der Waals surface area contributed by atoms with Crippen LogP contribution in [0, 0.1) is 0 Å². The molecule has 7 heteroatoms. The third kappa shape index (κ3) is 4.00. The molecule has 1 unspecified atom stereocenters. The third-order valence-corrected chi connectivity index (χ3v) is 6.09. The number of nitrogens with zero attached hydrogens (tertiary/aromatic N) is 4. The van der Waals surface area contributed by atoms with Crippen molar-refractivity contribution < 1.29 is 9.53 Å². The standard InChI is InChI=1S/C21H31N5O2/c1-15-13-26(14-16(2)28-15)17-5-9-22-19(11-17)20(27)23-21(7-8-21)12-18-6-10-24(3)25(18)4/h5-6,9-11,15-16,18H,7-8,12-14H2,1-4H3,(H,23,27)/t15-,16-,18?/m1/s1. The van der Waals surface area contributed by atoms with Gasteiger partial charge in [0.2, 0.25) is 0 Å². The first-order valence-corrected chi connectivity index (χ1v) is 10.2. The minimum absolute atomic E-state index is 0.0771. The van der Waals surface area contributed by atoms with Gasteiger partial charge in [-0.3, -0.25) is 9.78 Å². The van der Waals surface area contributed by atoms with E-state index in [9.17, 15) is 4.79 Å². The lowest BCUT2D eigenvalue weighted by atomic mass is 10.0. The quantitative estimate of drug-likeness (QED) is 0.837. The molecule has 1 saturated carbocycles. The molecule has 1 aliphatic carbocycles. The van der Waals surface area contributed by atoms with E-state index in [1.165, 1.54) is 0 Å². The van der Waals surface area contributed by atoms with Crippen LogP contribution >= 0.6 is 0 Å². The number of carbonyl (C=O) groups excluding carboxylic acids is 1. The number of amides is 1. The lowest BCUT2D eigenvalue weighted by Gasteiger charge is -2.36. The van der Waals surface area contributed by atoms with Crippen LogP contribution in [0.15, 0.2) is 30.6 Å². The van der Waals surface area contributed by atoms with Gasteiger partial charge >= 0.3 is 0 Å². The fourth-order valence-corrected chi connectivity index (χ4v) is 4.25. The number of nitrogens with one attached hydrogen (secondary N) is 1. The highest BCUT2D eigenvalue weighted by molar-refractivity contribution is 5.94. The Balaban J connectivity index is 1.42. The molecular formula is C21H31N5O2. The van der Waals surface area contributed by atoms with E-state index in [-0.39, 0.29) is 23.7 Å². The minimum atomic E-state index is -0.106. The lowest BCUT2D eigenvalue weighted by Crippen LogP contribution is -2.46. The fourth-order valence-electron chi connectivity index (χ4n) is 4.25. The number of hydrogen-bond acceptors (Lipinski definition) is 6. The van der Waals surface area contributed by atoms with Crippen LogP contribution in [0.4, 0.5) is 5.69 Å². The normalized spacial score (nSPS) is 29.2. The number of carbonyl (C=O) groups is 1. The van der Waals surface area contributed by atoms with E-state index in [0.29, 0.717) is 11.7 Å². The highest BCUT2D eigenvalue weighted by atomic mass is 16.5. The highest BCUT2D eigenvalue weighted by Crippen LogP contribution is 2.41. The van der Waals surface area contributed by atoms with E-state index in [2.05, 4.69) is 58.4 Å². The summed E-state index contributed by atoms with van der Waals surface area (Å²) < 4.78 is 5.82. The summed E-state index contributed by atoms with van der Waals surface area (Å²) in [5.41, 5.74) is 1.42. The van der Waals surface area contributed by atoms with Crippen LogP contribution in [-0.2, 0) is 4.74 Å². The molecule has 3 aliphatic rings. The Morgan fingerprint density at radius 1 is 1.29 bits per heavy atom. The summed E-state index contributed by atoms with van der Waals surface area (Å²) in [5, 5.41) is 7.55. The molecule has 3 heterocycles. The second-order valence-corrected chi connectivity index (χ2v) is 8.56. The maximum absolute atomic E-state index is 12.9. The molecule has 1 amide bonds. The van der Waals surface area contributed by atoms with Crippen molar-refractivity contribution in [3.05, 3.63) is 36.3 Å². The van der Waals surface area contributed by atoms with E-state index >= 15 is 0 Å². The summed E-state index contributed by atoms with van der Waals surface area (Å²) in [6.07, 6.45) is 9.35. The number of anilines is 1. The van der Waals surface area contributed by atoms with E-state index in [4.69, 9.17) is 4.74 Å². The Kier molecular flexibility index (Phi) is 5.05. The van der Waals surface area contributed by atoms with Gasteiger partial charge in [-0.1, -0.05) is 0 Å². The van der Waals surface area contributed by atoms with Crippen molar-refractivity contribution in [2.24, 2.45) is 0 Å². The van der Waals surface area contributed by atoms with Crippen LogP contribution in [-0.4, -0.2) is 71.9 Å². The zero-order valence-electron chi connectivity index (χ0n) is 17.3. The lowest BCUT2D eigenvalue weighted by molar-refractivity contribution is -0.00522. The molecule has 4 rings (SSSR count). The number of pyridine rings is 1. The molecule has 0 radical (unpaired) electrons. The van der Waals surface area contributed by atoms with Gasteiger partial charge in [-0.2, -0.15) is 0 Å². The fraction of sp³-hybridized carbons (Fsp3) is 0.619. The van der Waals surface area contributed by atoms with Gasteiger partial charge in [0.1, 0.15) is 5.69 Å². The second kappa shape index (κ2) is 7.37. The number of aromatic nitrogens is 1. The van der Waals surface area contributed by atoms with Crippen LogP contribution in [0.25, 0.3) is 0 Å². The van der Waals surface area contributed by atoms with Crippen molar-refractivity contribution >= 4 is 11.6 Å². The summed E-state index contributed by atoms with van der Waals surface area (Å²) in [4.78, 5) is 19.5. The molecule has 152 valence electrons. The maximum Gasteiger partial charge on any atom is 0.270 e. The summed E-state index contributed by atoms with van der Waals surface area (Å²) >= 11 is 0. The average molecular weight is 386 g/mol. The van der Waals surface area contributed by atoms with Crippen LogP contribution in [0.3, 0.4) is 0 Å². The summed E-state index contributed by atoms with van der Waals surface area (Å²) in [6.45, 7) is 5.82. The topological polar surface area (TPSA) is 60.9 Å². The molecule has 3 atom stereocenters. The average Bonchev–Trinajstić information content (AvgIpc) is 3.35.